The Hall–Kier alpha value is -6.37. The van der Waals surface area contributed by atoms with Gasteiger partial charge in [0.05, 0.1) is 58.6 Å². The number of nitrogens with zero attached hydrogens (tertiary/aromatic N) is 7. The lowest BCUT2D eigenvalue weighted by Crippen LogP contribution is -2.49. The Morgan fingerprint density at radius 2 is 1.43 bits per heavy atom. The summed E-state index contributed by atoms with van der Waals surface area (Å²) in [5.74, 6) is -6.37. The fraction of sp³-hybridized carbons (Fsp3) is 0.686. The Kier molecular flexibility index (Phi) is 24.4. The molecule has 0 saturated carbocycles. The van der Waals surface area contributed by atoms with Crippen molar-refractivity contribution in [3.8, 4) is 6.07 Å². The van der Waals surface area contributed by atoms with Crippen LogP contribution in [-0.2, 0) is 72.1 Å². The normalized spacial score (nSPS) is 22.2. The number of carboxylic acid groups (broad SMARTS) is 3. The van der Waals surface area contributed by atoms with E-state index in [1.165, 1.54) is 6.92 Å². The third-order valence-electron chi connectivity index (χ3n) is 14.2. The van der Waals surface area contributed by atoms with Crippen LogP contribution in [0.25, 0.3) is 0 Å². The second-order valence-corrected chi connectivity index (χ2v) is 20.4. The number of aryl methyl sites for hydroxylation is 1. The fourth-order valence-electron chi connectivity index (χ4n) is 10.1. The molecule has 3 fully saturated rings. The second-order valence-electron chi connectivity index (χ2n) is 20.4. The van der Waals surface area contributed by atoms with Crippen molar-refractivity contribution in [2.24, 2.45) is 5.92 Å². The number of unbranched alkanes of at least 4 members (excludes halogenated alkanes) is 1. The molecule has 0 bridgehead atoms. The number of fused-ring (bicyclic) bond motifs is 1. The van der Waals surface area contributed by atoms with E-state index in [0.717, 1.165) is 21.6 Å². The third-order valence-corrected chi connectivity index (χ3v) is 14.2. The highest BCUT2D eigenvalue weighted by atomic mass is 19.1. The fourth-order valence-corrected chi connectivity index (χ4v) is 10.1. The van der Waals surface area contributed by atoms with Gasteiger partial charge in [0.25, 0.3) is 0 Å². The van der Waals surface area contributed by atoms with Gasteiger partial charge in [0.2, 0.25) is 35.4 Å². The van der Waals surface area contributed by atoms with E-state index in [-0.39, 0.29) is 168 Å². The van der Waals surface area contributed by atoms with Crippen LogP contribution in [0.3, 0.4) is 0 Å². The van der Waals surface area contributed by atoms with Crippen molar-refractivity contribution in [2.45, 2.75) is 95.2 Å². The van der Waals surface area contributed by atoms with Gasteiger partial charge in [-0.3, -0.25) is 62.8 Å². The van der Waals surface area contributed by atoms with Crippen LogP contribution in [0.15, 0.2) is 18.2 Å². The van der Waals surface area contributed by atoms with Crippen molar-refractivity contribution in [2.75, 3.05) is 125 Å². The third kappa shape index (κ3) is 20.5. The van der Waals surface area contributed by atoms with Gasteiger partial charge in [-0.05, 0) is 55.7 Å². The maximum absolute atomic E-state index is 14.7. The van der Waals surface area contributed by atoms with E-state index < -0.39 is 65.3 Å². The average molecular weight is 1090 g/mol. The van der Waals surface area contributed by atoms with E-state index in [2.05, 4.69) is 21.3 Å². The van der Waals surface area contributed by atoms with Crippen LogP contribution in [0, 0.1) is 17.2 Å². The van der Waals surface area contributed by atoms with Crippen molar-refractivity contribution in [1.82, 2.24) is 50.7 Å². The number of rotatable bonds is 27. The number of halogens is 1. The zero-order valence-corrected chi connectivity index (χ0v) is 44.2. The van der Waals surface area contributed by atoms with Gasteiger partial charge in [-0.2, -0.15) is 5.26 Å². The Morgan fingerprint density at radius 1 is 0.818 bits per heavy atom. The minimum absolute atomic E-state index is 0.0229. The van der Waals surface area contributed by atoms with Gasteiger partial charge in [-0.25, -0.2) is 4.39 Å². The first-order valence-electron chi connectivity index (χ1n) is 26.3. The molecule has 4 aliphatic rings. The number of hydrogen-bond acceptors (Lipinski definition) is 16. The Morgan fingerprint density at radius 3 is 2.01 bits per heavy atom. The van der Waals surface area contributed by atoms with Gasteiger partial charge in [-0.15, -0.1) is 0 Å². The van der Waals surface area contributed by atoms with Crippen molar-refractivity contribution >= 4 is 53.4 Å². The lowest BCUT2D eigenvalue weighted by molar-refractivity contribution is -0.140. The Labute approximate surface area is 447 Å². The number of hydrogen-bond donors (Lipinski definition) is 7. The van der Waals surface area contributed by atoms with E-state index in [1.807, 2.05) is 29.2 Å². The molecule has 5 rings (SSSR count). The molecule has 1 aromatic rings. The molecule has 0 aromatic heterocycles. The molecule has 2 unspecified atom stereocenters. The molecule has 26 heteroatoms. The van der Waals surface area contributed by atoms with E-state index in [0.29, 0.717) is 32.5 Å². The van der Waals surface area contributed by atoms with Crippen molar-refractivity contribution in [3.05, 3.63) is 34.9 Å². The SMILES string of the molecule is COCCOCCNC(=O)C(CCCCNC(=O)CN1CCN(CC(=O)O)CCN(CC(=O)O)CCN(CC(=O)O)CC1)NC(=O)CCc1cccc2c1CN(C(=O)C[C@@H]1C[C@@H](C(=O)N3CC(C)(F)C[C@H]3C#N)NC1=O)C2. The summed E-state index contributed by atoms with van der Waals surface area (Å²) in [6, 6.07) is 4.74. The topological polar surface area (TPSA) is 324 Å². The molecule has 0 radical (unpaired) electrons. The molecule has 6 amide bonds. The first-order valence-corrected chi connectivity index (χ1v) is 26.3. The average Bonchev–Trinajstić information content (AvgIpc) is 4.09. The molecule has 1 aromatic carbocycles. The highest BCUT2D eigenvalue weighted by Crippen LogP contribution is 2.33. The maximum atomic E-state index is 14.7. The first-order chi connectivity index (χ1) is 36.7. The summed E-state index contributed by atoms with van der Waals surface area (Å²) >= 11 is 0. The van der Waals surface area contributed by atoms with Crippen molar-refractivity contribution in [3.63, 3.8) is 0 Å². The van der Waals surface area contributed by atoms with Gasteiger partial charge in [0.1, 0.15) is 23.8 Å². The monoisotopic (exact) mass is 1090 g/mol. The van der Waals surface area contributed by atoms with Gasteiger partial charge in [0, 0.05) is 111 Å². The number of methoxy groups -OCH3 is 1. The highest BCUT2D eigenvalue weighted by molar-refractivity contribution is 5.95. The standard InChI is InChI=1S/C51H76FN11O14/c1-51(52)26-38(27-53)63(34-51)50(75)41-24-37(48(73)57-41)25-44(66)62-28-36-7-5-6-35(39(36)29-62)9-10-42(64)56-40(49(74)55-12-21-77-23-22-76-2)8-3-4-11-54-43(65)30-58-13-15-59(31-45(67)68)17-19-61(33-47(71)72)20-18-60(16-14-58)32-46(69)70/h5-7,37-38,40-41H,3-4,8-26,28-34H2,1-2H3,(H,54,65)(H,55,74)(H,56,64)(H,57,73)(H,67,68)(H,69,70)(H,71,72)/t37-,38-,40?,41-,51?/m0/s1. The predicted octanol–water partition coefficient (Wildman–Crippen LogP) is -1.77. The smallest absolute Gasteiger partial charge is 0.317 e. The summed E-state index contributed by atoms with van der Waals surface area (Å²) in [5.41, 5.74) is 0.885. The second kappa shape index (κ2) is 30.5. The summed E-state index contributed by atoms with van der Waals surface area (Å²) in [5, 5.41) is 49.2. The van der Waals surface area contributed by atoms with E-state index in [9.17, 15) is 68.1 Å². The van der Waals surface area contributed by atoms with Crippen LogP contribution in [-0.4, -0.2) is 247 Å². The number of benzene rings is 1. The summed E-state index contributed by atoms with van der Waals surface area (Å²) in [4.78, 5) is 125. The minimum Gasteiger partial charge on any atom is -0.480 e. The Balaban J connectivity index is 1.11. The number of carbonyl (C=O) groups is 9. The molecule has 5 atom stereocenters. The van der Waals surface area contributed by atoms with Crippen LogP contribution in [0.1, 0.15) is 68.6 Å². The number of ether oxygens (including phenoxy) is 2. The van der Waals surface area contributed by atoms with Crippen molar-refractivity contribution in [1.29, 1.82) is 5.26 Å². The molecule has 25 nitrogen and oxygen atoms in total. The zero-order chi connectivity index (χ0) is 56.1. The van der Waals surface area contributed by atoms with Crippen LogP contribution < -0.4 is 21.3 Å². The summed E-state index contributed by atoms with van der Waals surface area (Å²) in [6.07, 6.45) is 1.23. The number of amides is 6. The van der Waals surface area contributed by atoms with Crippen molar-refractivity contribution < 1.29 is 72.3 Å². The van der Waals surface area contributed by atoms with Gasteiger partial charge < -0.3 is 55.9 Å². The first kappa shape index (κ1) is 61.5. The zero-order valence-electron chi connectivity index (χ0n) is 44.2. The molecule has 426 valence electrons. The molecule has 0 aliphatic carbocycles. The summed E-state index contributed by atoms with van der Waals surface area (Å²) in [7, 11) is 1.54. The molecule has 4 aliphatic heterocycles. The van der Waals surface area contributed by atoms with Crippen LogP contribution in [0.2, 0.25) is 0 Å². The van der Waals surface area contributed by atoms with E-state index in [4.69, 9.17) is 9.47 Å². The summed E-state index contributed by atoms with van der Waals surface area (Å²) in [6.45, 7) is 4.10. The van der Waals surface area contributed by atoms with Crippen LogP contribution >= 0.6 is 0 Å². The number of aliphatic carboxylic acids is 3. The predicted molar refractivity (Wildman–Crippen MR) is 272 cm³/mol. The van der Waals surface area contributed by atoms with Gasteiger partial charge >= 0.3 is 17.9 Å². The number of carbonyl (C=O) groups excluding carboxylic acids is 6. The quantitative estimate of drug-likeness (QED) is 0.0480. The van der Waals surface area contributed by atoms with E-state index in [1.54, 1.807) is 26.7 Å². The molecule has 3 saturated heterocycles. The summed E-state index contributed by atoms with van der Waals surface area (Å²) < 4.78 is 25.2. The lowest BCUT2D eigenvalue weighted by atomic mass is 9.99. The lowest BCUT2D eigenvalue weighted by Gasteiger charge is -2.32. The molecule has 0 spiro atoms. The number of alkyl halides is 1. The largest absolute Gasteiger partial charge is 0.480 e. The molecule has 7 N–H and O–H groups in total. The molecular formula is C51H76FN11O14. The minimum atomic E-state index is -1.72. The Bertz CT molecular complexity index is 2250. The van der Waals surface area contributed by atoms with Gasteiger partial charge in [0.15, 0.2) is 0 Å². The maximum Gasteiger partial charge on any atom is 0.317 e. The molecule has 77 heavy (non-hydrogen) atoms. The highest BCUT2D eigenvalue weighted by Gasteiger charge is 2.48. The number of nitrogens with one attached hydrogen (secondary N) is 4. The van der Waals surface area contributed by atoms with E-state index >= 15 is 0 Å². The number of likely N-dealkylation sites (tertiary alicyclic amines) is 1. The van der Waals surface area contributed by atoms with Crippen LogP contribution in [0.5, 0.6) is 0 Å². The molecule has 4 heterocycles. The van der Waals surface area contributed by atoms with Gasteiger partial charge in [-0.1, -0.05) is 18.2 Å². The molecular weight excluding hydrogens is 1010 g/mol. The number of nitriles is 1. The number of carboxylic acids is 3. The van der Waals surface area contributed by atoms with Crippen LogP contribution in [0.4, 0.5) is 4.39 Å².